The number of carbonyl (C=O) groups is 1. The molecule has 0 fully saturated rings. The highest BCUT2D eigenvalue weighted by Crippen LogP contribution is 2.28. The minimum absolute atomic E-state index is 0.221. The number of carboxylic acid groups (broad SMARTS) is 1. The lowest BCUT2D eigenvalue weighted by molar-refractivity contribution is -0.137. The average Bonchev–Trinajstić information content (AvgIpc) is 2.58. The van der Waals surface area contributed by atoms with Gasteiger partial charge in [-0.25, -0.2) is 13.2 Å². The van der Waals surface area contributed by atoms with Crippen molar-refractivity contribution in [2.24, 2.45) is 0 Å². The Morgan fingerprint density at radius 2 is 2.19 bits per heavy atom. The van der Waals surface area contributed by atoms with Crippen LogP contribution in [0, 0.1) is 0 Å². The summed E-state index contributed by atoms with van der Waals surface area (Å²) in [6, 6.07) is 3.95. The highest BCUT2D eigenvalue weighted by atomic mass is 32.2. The van der Waals surface area contributed by atoms with Crippen molar-refractivity contribution in [3.05, 3.63) is 23.8 Å². The summed E-state index contributed by atoms with van der Waals surface area (Å²) in [5.41, 5.74) is 1.43. The van der Waals surface area contributed by atoms with Gasteiger partial charge in [-0.1, -0.05) is 0 Å². The first-order chi connectivity index (χ1) is 7.38. The first kappa shape index (κ1) is 10.9. The highest BCUT2D eigenvalue weighted by molar-refractivity contribution is 7.90. The molecule has 0 aromatic heterocycles. The lowest BCUT2D eigenvalue weighted by Crippen LogP contribution is -2.26. The maximum Gasteiger partial charge on any atom is 0.326 e. The Hall–Kier alpha value is -1.56. The molecule has 0 spiro atoms. The molecule has 0 aliphatic carbocycles. The summed E-state index contributed by atoms with van der Waals surface area (Å²) in [4.78, 5) is 11.0. The number of aliphatic carboxylic acids is 1. The van der Waals surface area contributed by atoms with Crippen LogP contribution in [0.15, 0.2) is 23.1 Å². The van der Waals surface area contributed by atoms with Gasteiger partial charge in [-0.3, -0.25) is 0 Å². The van der Waals surface area contributed by atoms with Gasteiger partial charge in [0, 0.05) is 18.4 Å². The quantitative estimate of drug-likeness (QED) is 0.788. The molecule has 1 aromatic carbocycles. The van der Waals surface area contributed by atoms with Gasteiger partial charge >= 0.3 is 5.97 Å². The van der Waals surface area contributed by atoms with Crippen molar-refractivity contribution in [3.63, 3.8) is 0 Å². The zero-order valence-electron chi connectivity index (χ0n) is 8.60. The number of hydrogen-bond donors (Lipinski definition) is 2. The topological polar surface area (TPSA) is 83.5 Å². The number of benzene rings is 1. The zero-order valence-corrected chi connectivity index (χ0v) is 9.41. The third kappa shape index (κ3) is 1.88. The molecule has 0 radical (unpaired) electrons. The molecule has 1 heterocycles. The summed E-state index contributed by atoms with van der Waals surface area (Å²) < 4.78 is 22.6. The van der Waals surface area contributed by atoms with Crippen molar-refractivity contribution in [1.82, 2.24) is 0 Å². The minimum Gasteiger partial charge on any atom is -0.480 e. The summed E-state index contributed by atoms with van der Waals surface area (Å²) in [6.07, 6.45) is 1.44. The monoisotopic (exact) mass is 241 g/mol. The van der Waals surface area contributed by atoms with Gasteiger partial charge in [0.05, 0.1) is 4.90 Å². The van der Waals surface area contributed by atoms with Crippen LogP contribution in [0.3, 0.4) is 0 Å². The van der Waals surface area contributed by atoms with Crippen LogP contribution in [0.1, 0.15) is 5.56 Å². The van der Waals surface area contributed by atoms with Crippen molar-refractivity contribution in [3.8, 4) is 0 Å². The second-order valence-corrected chi connectivity index (χ2v) is 5.85. The Kier molecular flexibility index (Phi) is 2.38. The number of rotatable bonds is 2. The van der Waals surface area contributed by atoms with Crippen LogP contribution >= 0.6 is 0 Å². The molecule has 1 unspecified atom stereocenters. The third-order valence-corrected chi connectivity index (χ3v) is 3.67. The molecule has 1 aliphatic rings. The first-order valence-corrected chi connectivity index (χ1v) is 6.59. The average molecular weight is 241 g/mol. The molecule has 6 heteroatoms. The Balaban J connectivity index is 2.39. The molecule has 16 heavy (non-hydrogen) atoms. The van der Waals surface area contributed by atoms with Crippen molar-refractivity contribution >= 4 is 21.5 Å². The predicted molar refractivity (Wildman–Crippen MR) is 58.3 cm³/mol. The number of sulfone groups is 1. The van der Waals surface area contributed by atoms with E-state index in [2.05, 4.69) is 5.32 Å². The predicted octanol–water partition coefficient (Wildman–Crippen LogP) is 0.511. The molecule has 2 N–H and O–H groups in total. The maximum absolute atomic E-state index is 11.3. The van der Waals surface area contributed by atoms with E-state index in [9.17, 15) is 13.2 Å². The number of anilines is 1. The fraction of sp³-hybridized carbons (Fsp3) is 0.300. The smallest absolute Gasteiger partial charge is 0.326 e. The number of carboxylic acids is 1. The molecule has 0 saturated heterocycles. The Bertz CT molecular complexity index is 550. The lowest BCUT2D eigenvalue weighted by Gasteiger charge is -2.03. The normalized spacial score (nSPS) is 18.9. The molecular weight excluding hydrogens is 230 g/mol. The zero-order chi connectivity index (χ0) is 11.9. The van der Waals surface area contributed by atoms with E-state index < -0.39 is 21.8 Å². The van der Waals surface area contributed by atoms with Crippen molar-refractivity contribution in [2.75, 3.05) is 11.6 Å². The SMILES string of the molecule is CS(=O)(=O)c1ccc2c(c1)CC(C(=O)O)N2. The maximum atomic E-state index is 11.3. The van der Waals surface area contributed by atoms with Crippen LogP contribution in [0.4, 0.5) is 5.69 Å². The Morgan fingerprint density at radius 3 is 2.75 bits per heavy atom. The Morgan fingerprint density at radius 1 is 1.50 bits per heavy atom. The third-order valence-electron chi connectivity index (χ3n) is 2.56. The van der Waals surface area contributed by atoms with Crippen LogP contribution in [0.5, 0.6) is 0 Å². The van der Waals surface area contributed by atoms with Gasteiger partial charge in [0.2, 0.25) is 0 Å². The molecule has 5 nitrogen and oxygen atoms in total. The van der Waals surface area contributed by atoms with Gasteiger partial charge in [0.25, 0.3) is 0 Å². The fourth-order valence-corrected chi connectivity index (χ4v) is 2.39. The summed E-state index contributed by atoms with van der Waals surface area (Å²) in [5.74, 6) is -0.933. The van der Waals surface area contributed by atoms with E-state index >= 15 is 0 Å². The van der Waals surface area contributed by atoms with E-state index in [1.807, 2.05) is 0 Å². The lowest BCUT2D eigenvalue weighted by atomic mass is 10.1. The molecule has 1 atom stereocenters. The van der Waals surface area contributed by atoms with E-state index in [4.69, 9.17) is 5.11 Å². The molecule has 0 saturated carbocycles. The number of fused-ring (bicyclic) bond motifs is 1. The number of nitrogens with one attached hydrogen (secondary N) is 1. The van der Waals surface area contributed by atoms with Crippen LogP contribution in [-0.2, 0) is 21.1 Å². The van der Waals surface area contributed by atoms with Crippen molar-refractivity contribution in [1.29, 1.82) is 0 Å². The van der Waals surface area contributed by atoms with Gasteiger partial charge in [0.15, 0.2) is 9.84 Å². The van der Waals surface area contributed by atoms with Gasteiger partial charge < -0.3 is 10.4 Å². The highest BCUT2D eigenvalue weighted by Gasteiger charge is 2.27. The van der Waals surface area contributed by atoms with Crippen LogP contribution in [0.25, 0.3) is 0 Å². The molecule has 0 amide bonds. The second kappa shape index (κ2) is 3.48. The Labute approximate surface area is 93.0 Å². The van der Waals surface area contributed by atoms with E-state index in [-0.39, 0.29) is 4.90 Å². The van der Waals surface area contributed by atoms with Gasteiger partial charge in [0.1, 0.15) is 6.04 Å². The molecule has 1 aliphatic heterocycles. The molecule has 2 rings (SSSR count). The second-order valence-electron chi connectivity index (χ2n) is 3.83. The van der Waals surface area contributed by atoms with Gasteiger partial charge in [-0.05, 0) is 23.8 Å². The van der Waals surface area contributed by atoms with E-state index in [1.165, 1.54) is 12.1 Å². The standard InChI is InChI=1S/C10H11NO4S/c1-16(14,15)7-2-3-8-6(4-7)5-9(11-8)10(12)13/h2-4,9,11H,5H2,1H3,(H,12,13). The number of hydrogen-bond acceptors (Lipinski definition) is 4. The van der Waals surface area contributed by atoms with E-state index in [1.54, 1.807) is 6.07 Å². The molecular formula is C10H11NO4S. The summed E-state index contributed by atoms with van der Waals surface area (Å²) >= 11 is 0. The van der Waals surface area contributed by atoms with E-state index in [0.29, 0.717) is 12.1 Å². The minimum atomic E-state index is -3.24. The van der Waals surface area contributed by atoms with Crippen LogP contribution < -0.4 is 5.32 Å². The van der Waals surface area contributed by atoms with Crippen LogP contribution in [-0.4, -0.2) is 31.8 Å². The summed E-state index contributed by atoms with van der Waals surface area (Å²) in [6.45, 7) is 0. The summed E-state index contributed by atoms with van der Waals surface area (Å²) in [5, 5.41) is 11.7. The molecule has 86 valence electrons. The first-order valence-electron chi connectivity index (χ1n) is 4.70. The molecule has 0 bridgehead atoms. The van der Waals surface area contributed by atoms with Crippen LogP contribution in [0.2, 0.25) is 0 Å². The summed E-state index contributed by atoms with van der Waals surface area (Å²) in [7, 11) is -3.24. The molecule has 1 aromatic rings. The fourth-order valence-electron chi connectivity index (χ4n) is 1.72. The van der Waals surface area contributed by atoms with Crippen molar-refractivity contribution < 1.29 is 18.3 Å². The largest absolute Gasteiger partial charge is 0.480 e. The van der Waals surface area contributed by atoms with E-state index in [0.717, 1.165) is 11.8 Å². The van der Waals surface area contributed by atoms with Gasteiger partial charge in [-0.15, -0.1) is 0 Å². The van der Waals surface area contributed by atoms with Crippen molar-refractivity contribution in [2.45, 2.75) is 17.4 Å². The van der Waals surface area contributed by atoms with Gasteiger partial charge in [-0.2, -0.15) is 0 Å².